The first kappa shape index (κ1) is 17.9. The van der Waals surface area contributed by atoms with Crippen LogP contribution < -0.4 is 14.2 Å². The molecule has 0 unspecified atom stereocenters. The summed E-state index contributed by atoms with van der Waals surface area (Å²) in [5, 5.41) is 8.03. The number of rotatable bonds is 2. The van der Waals surface area contributed by atoms with Crippen LogP contribution in [0, 0.1) is 0 Å². The van der Waals surface area contributed by atoms with Crippen LogP contribution in [0.15, 0.2) is 65.8 Å². The Balaban J connectivity index is 1.48. The second-order valence-corrected chi connectivity index (χ2v) is 8.25. The minimum Gasteiger partial charge on any atom is -0.463 e. The fraction of sp³-hybridized carbons (Fsp3) is 0.174. The molecule has 0 bridgehead atoms. The SMILES string of the molecule is Clc1cc(Cl)c2c(c1)[C@@H]1CC(c3ccccc3)=NN1[C@H](c1ccc3c(c1)OCO3)O2. The van der Waals surface area contributed by atoms with Crippen LogP contribution in [0.5, 0.6) is 17.2 Å². The van der Waals surface area contributed by atoms with Crippen LogP contribution in [-0.2, 0) is 0 Å². The highest BCUT2D eigenvalue weighted by Gasteiger charge is 2.42. The number of halogens is 2. The summed E-state index contributed by atoms with van der Waals surface area (Å²) in [7, 11) is 0. The van der Waals surface area contributed by atoms with Crippen molar-refractivity contribution in [2.75, 3.05) is 6.79 Å². The zero-order valence-electron chi connectivity index (χ0n) is 15.7. The largest absolute Gasteiger partial charge is 0.463 e. The molecule has 0 amide bonds. The molecule has 6 rings (SSSR count). The van der Waals surface area contributed by atoms with Gasteiger partial charge < -0.3 is 14.2 Å². The van der Waals surface area contributed by atoms with E-state index in [0.717, 1.165) is 34.6 Å². The summed E-state index contributed by atoms with van der Waals surface area (Å²) in [5.41, 5.74) is 3.95. The molecule has 3 aromatic carbocycles. The minimum absolute atomic E-state index is 0.0319. The predicted molar refractivity (Wildman–Crippen MR) is 115 cm³/mol. The fourth-order valence-electron chi connectivity index (χ4n) is 4.21. The Morgan fingerprint density at radius 2 is 1.77 bits per heavy atom. The molecule has 0 saturated carbocycles. The fourth-order valence-corrected chi connectivity index (χ4v) is 4.76. The molecular weight excluding hydrogens is 423 g/mol. The molecular formula is C23H16Cl2N2O3. The number of hydrogen-bond acceptors (Lipinski definition) is 5. The minimum atomic E-state index is -0.447. The van der Waals surface area contributed by atoms with E-state index in [1.165, 1.54) is 0 Å². The zero-order valence-corrected chi connectivity index (χ0v) is 17.2. The smallest absolute Gasteiger partial charge is 0.231 e. The third-order valence-corrected chi connectivity index (χ3v) is 6.10. The molecule has 0 fully saturated rings. The van der Waals surface area contributed by atoms with Gasteiger partial charge in [-0.2, -0.15) is 5.10 Å². The van der Waals surface area contributed by atoms with Crippen LogP contribution in [0.3, 0.4) is 0 Å². The van der Waals surface area contributed by atoms with Gasteiger partial charge >= 0.3 is 0 Å². The quantitative estimate of drug-likeness (QED) is 0.494. The molecule has 30 heavy (non-hydrogen) atoms. The van der Waals surface area contributed by atoms with Gasteiger partial charge in [-0.25, -0.2) is 5.01 Å². The van der Waals surface area contributed by atoms with Crippen LogP contribution in [0.2, 0.25) is 10.0 Å². The maximum atomic E-state index is 6.53. The Kier molecular flexibility index (Phi) is 4.08. The maximum Gasteiger partial charge on any atom is 0.231 e. The van der Waals surface area contributed by atoms with E-state index in [0.29, 0.717) is 21.5 Å². The highest BCUT2D eigenvalue weighted by Crippen LogP contribution is 2.51. The van der Waals surface area contributed by atoms with Gasteiger partial charge in [-0.3, -0.25) is 0 Å². The van der Waals surface area contributed by atoms with Gasteiger partial charge in [-0.15, -0.1) is 0 Å². The summed E-state index contributed by atoms with van der Waals surface area (Å²) in [6.07, 6.45) is 0.287. The summed E-state index contributed by atoms with van der Waals surface area (Å²) in [6, 6.07) is 19.6. The van der Waals surface area contributed by atoms with Crippen molar-refractivity contribution < 1.29 is 14.2 Å². The molecule has 3 aliphatic rings. The monoisotopic (exact) mass is 438 g/mol. The van der Waals surface area contributed by atoms with Gasteiger partial charge in [0.1, 0.15) is 5.75 Å². The third-order valence-electron chi connectivity index (χ3n) is 5.60. The highest BCUT2D eigenvalue weighted by atomic mass is 35.5. The van der Waals surface area contributed by atoms with Crippen molar-refractivity contribution in [3.8, 4) is 17.2 Å². The highest BCUT2D eigenvalue weighted by molar-refractivity contribution is 6.35. The molecule has 5 nitrogen and oxygen atoms in total. The number of hydrazone groups is 1. The standard InChI is InChI=1S/C23H16Cl2N2O3/c24-15-9-16-19-11-18(13-4-2-1-3-5-13)26-27(19)23(30-22(16)17(25)10-15)14-6-7-20-21(8-14)29-12-28-20/h1-10,19,23H,11-12H2/t19-,23-/m0/s1. The molecule has 0 spiro atoms. The van der Waals surface area contributed by atoms with Crippen LogP contribution in [-0.4, -0.2) is 17.5 Å². The van der Waals surface area contributed by atoms with Gasteiger partial charge in [0.25, 0.3) is 0 Å². The van der Waals surface area contributed by atoms with E-state index in [2.05, 4.69) is 12.1 Å². The zero-order chi connectivity index (χ0) is 20.2. The molecule has 3 aliphatic heterocycles. The van der Waals surface area contributed by atoms with Gasteiger partial charge in [-0.1, -0.05) is 53.5 Å². The summed E-state index contributed by atoms with van der Waals surface area (Å²) in [5.74, 6) is 2.08. The Bertz CT molecular complexity index is 1180. The van der Waals surface area contributed by atoms with Crippen molar-refractivity contribution in [1.82, 2.24) is 5.01 Å². The van der Waals surface area contributed by atoms with Crippen LogP contribution in [0.25, 0.3) is 0 Å². The van der Waals surface area contributed by atoms with E-state index < -0.39 is 6.23 Å². The number of ether oxygens (including phenoxy) is 3. The molecule has 0 aromatic heterocycles. The Morgan fingerprint density at radius 3 is 2.63 bits per heavy atom. The average molecular weight is 439 g/mol. The van der Waals surface area contributed by atoms with E-state index in [9.17, 15) is 0 Å². The van der Waals surface area contributed by atoms with Crippen molar-refractivity contribution in [3.05, 3.63) is 87.4 Å². The van der Waals surface area contributed by atoms with Crippen molar-refractivity contribution in [3.63, 3.8) is 0 Å². The average Bonchev–Trinajstić information content (AvgIpc) is 3.41. The number of hydrogen-bond donors (Lipinski definition) is 0. The summed E-state index contributed by atoms with van der Waals surface area (Å²) < 4.78 is 17.4. The van der Waals surface area contributed by atoms with Gasteiger partial charge in [0.15, 0.2) is 11.5 Å². The number of nitrogens with zero attached hydrogens (tertiary/aromatic N) is 2. The molecule has 150 valence electrons. The Labute approximate surface area is 183 Å². The van der Waals surface area contributed by atoms with Crippen molar-refractivity contribution in [2.45, 2.75) is 18.7 Å². The first-order valence-electron chi connectivity index (χ1n) is 9.64. The molecule has 0 N–H and O–H groups in total. The van der Waals surface area contributed by atoms with Crippen molar-refractivity contribution >= 4 is 28.9 Å². The lowest BCUT2D eigenvalue weighted by molar-refractivity contribution is -0.0190. The number of fused-ring (bicyclic) bond motifs is 4. The molecule has 2 atom stereocenters. The molecule has 0 radical (unpaired) electrons. The molecule has 0 saturated heterocycles. The van der Waals surface area contributed by atoms with E-state index >= 15 is 0 Å². The molecule has 7 heteroatoms. The van der Waals surface area contributed by atoms with Crippen molar-refractivity contribution in [1.29, 1.82) is 0 Å². The molecule has 0 aliphatic carbocycles. The Morgan fingerprint density at radius 1 is 0.933 bits per heavy atom. The van der Waals surface area contributed by atoms with Gasteiger partial charge in [0.05, 0.1) is 16.8 Å². The molecule has 3 heterocycles. The van der Waals surface area contributed by atoms with Gasteiger partial charge in [-0.05, 0) is 35.9 Å². The normalized spacial score (nSPS) is 21.0. The summed E-state index contributed by atoms with van der Waals surface area (Å²) >= 11 is 12.8. The predicted octanol–water partition coefficient (Wildman–Crippen LogP) is 5.96. The summed E-state index contributed by atoms with van der Waals surface area (Å²) in [4.78, 5) is 0. The lowest BCUT2D eigenvalue weighted by atomic mass is 9.96. The van der Waals surface area contributed by atoms with E-state index in [-0.39, 0.29) is 12.8 Å². The third kappa shape index (κ3) is 2.81. The topological polar surface area (TPSA) is 43.3 Å². The van der Waals surface area contributed by atoms with E-state index in [1.807, 2.05) is 47.5 Å². The Hall–Kier alpha value is -2.89. The van der Waals surface area contributed by atoms with Gasteiger partial charge in [0.2, 0.25) is 13.0 Å². The van der Waals surface area contributed by atoms with Crippen LogP contribution in [0.4, 0.5) is 0 Å². The lowest BCUT2D eigenvalue weighted by Gasteiger charge is -2.38. The van der Waals surface area contributed by atoms with E-state index in [4.69, 9.17) is 42.5 Å². The van der Waals surface area contributed by atoms with Crippen LogP contribution >= 0.6 is 23.2 Å². The first-order valence-corrected chi connectivity index (χ1v) is 10.4. The van der Waals surface area contributed by atoms with Crippen molar-refractivity contribution in [2.24, 2.45) is 5.10 Å². The van der Waals surface area contributed by atoms with Crippen LogP contribution in [0.1, 0.15) is 35.4 Å². The van der Waals surface area contributed by atoms with E-state index in [1.54, 1.807) is 6.07 Å². The maximum absolute atomic E-state index is 6.53. The second-order valence-electron chi connectivity index (χ2n) is 7.40. The second kappa shape index (κ2) is 6.83. The molecule has 3 aromatic rings. The van der Waals surface area contributed by atoms with Gasteiger partial charge in [0, 0.05) is 22.6 Å². The first-order chi connectivity index (χ1) is 14.7. The number of benzene rings is 3. The summed E-state index contributed by atoms with van der Waals surface area (Å²) in [6.45, 7) is 0.222. The lowest BCUT2D eigenvalue weighted by Crippen LogP contribution is -2.33.